The Bertz CT molecular complexity index is 649. The summed E-state index contributed by atoms with van der Waals surface area (Å²) in [6.45, 7) is 5.55. The van der Waals surface area contributed by atoms with Gasteiger partial charge in [0.2, 0.25) is 0 Å². The number of nitrogens with zero attached hydrogens (tertiary/aromatic N) is 2. The number of rotatable bonds is 5. The van der Waals surface area contributed by atoms with Crippen molar-refractivity contribution in [3.8, 4) is 5.69 Å². The standard InChI is InChI=1S/C15H14F2N2O/c1-3-4-10(2)15-11(9-20)8-19(18-15)14-6-5-12(16)7-13(14)17/h3,5-10H,1,4H2,2H3. The van der Waals surface area contributed by atoms with E-state index >= 15 is 0 Å². The van der Waals surface area contributed by atoms with Gasteiger partial charge in [0.25, 0.3) is 0 Å². The van der Waals surface area contributed by atoms with E-state index in [-0.39, 0.29) is 11.6 Å². The van der Waals surface area contributed by atoms with Crippen molar-refractivity contribution >= 4 is 6.29 Å². The number of halogens is 2. The fourth-order valence-electron chi connectivity index (χ4n) is 2.03. The SMILES string of the molecule is C=CCC(C)c1nn(-c2ccc(F)cc2F)cc1C=O. The van der Waals surface area contributed by atoms with Crippen molar-refractivity contribution in [2.75, 3.05) is 0 Å². The number of carbonyl (C=O) groups excluding carboxylic acids is 1. The molecule has 0 N–H and O–H groups in total. The molecule has 0 aliphatic heterocycles. The number of hydrogen-bond acceptors (Lipinski definition) is 2. The minimum atomic E-state index is -0.729. The van der Waals surface area contributed by atoms with Crippen LogP contribution in [0.2, 0.25) is 0 Å². The summed E-state index contributed by atoms with van der Waals surface area (Å²) in [4.78, 5) is 11.1. The number of aromatic nitrogens is 2. The molecular formula is C15H14F2N2O. The lowest BCUT2D eigenvalue weighted by molar-refractivity contribution is 0.112. The highest BCUT2D eigenvalue weighted by Crippen LogP contribution is 2.23. The predicted molar refractivity (Wildman–Crippen MR) is 72.1 cm³/mol. The van der Waals surface area contributed by atoms with Gasteiger partial charge in [-0.05, 0) is 18.6 Å². The molecule has 0 aliphatic rings. The summed E-state index contributed by atoms with van der Waals surface area (Å²) in [6.07, 6.45) is 4.51. The summed E-state index contributed by atoms with van der Waals surface area (Å²) >= 11 is 0. The topological polar surface area (TPSA) is 34.9 Å². The average Bonchev–Trinajstić information content (AvgIpc) is 2.83. The maximum absolute atomic E-state index is 13.7. The van der Waals surface area contributed by atoms with Gasteiger partial charge in [-0.15, -0.1) is 6.58 Å². The van der Waals surface area contributed by atoms with Crippen molar-refractivity contribution in [1.29, 1.82) is 0 Å². The van der Waals surface area contributed by atoms with Gasteiger partial charge in [0.1, 0.15) is 11.5 Å². The first kappa shape index (κ1) is 14.1. The normalized spacial score (nSPS) is 12.2. The second-order valence-electron chi connectivity index (χ2n) is 4.55. The number of carbonyl (C=O) groups is 1. The van der Waals surface area contributed by atoms with Gasteiger partial charge >= 0.3 is 0 Å². The molecule has 0 radical (unpaired) electrons. The first-order valence-corrected chi connectivity index (χ1v) is 6.18. The van der Waals surface area contributed by atoms with Crippen LogP contribution in [0.1, 0.15) is 35.3 Å². The zero-order valence-electron chi connectivity index (χ0n) is 11.0. The van der Waals surface area contributed by atoms with Gasteiger partial charge in [-0.2, -0.15) is 5.10 Å². The molecule has 0 bridgehead atoms. The van der Waals surface area contributed by atoms with Crippen LogP contribution in [-0.4, -0.2) is 16.1 Å². The number of hydrogen-bond donors (Lipinski definition) is 0. The van der Waals surface area contributed by atoms with E-state index in [1.807, 2.05) is 6.92 Å². The summed E-state index contributed by atoms with van der Waals surface area (Å²) < 4.78 is 27.9. The third-order valence-corrected chi connectivity index (χ3v) is 3.04. The van der Waals surface area contributed by atoms with Crippen LogP contribution in [0.25, 0.3) is 5.69 Å². The van der Waals surface area contributed by atoms with Crippen LogP contribution in [0, 0.1) is 11.6 Å². The van der Waals surface area contributed by atoms with Crippen molar-refractivity contribution in [2.24, 2.45) is 0 Å². The van der Waals surface area contributed by atoms with E-state index in [1.165, 1.54) is 16.9 Å². The van der Waals surface area contributed by atoms with E-state index in [9.17, 15) is 13.6 Å². The largest absolute Gasteiger partial charge is 0.298 e. The van der Waals surface area contributed by atoms with E-state index in [4.69, 9.17) is 0 Å². The smallest absolute Gasteiger partial charge is 0.153 e. The molecule has 104 valence electrons. The zero-order chi connectivity index (χ0) is 14.7. The summed E-state index contributed by atoms with van der Waals surface area (Å²) in [6, 6.07) is 3.21. The van der Waals surface area contributed by atoms with Gasteiger partial charge in [0, 0.05) is 18.2 Å². The van der Waals surface area contributed by atoms with Crippen molar-refractivity contribution in [3.63, 3.8) is 0 Å². The van der Waals surface area contributed by atoms with Crippen LogP contribution in [0.4, 0.5) is 8.78 Å². The molecule has 0 fully saturated rings. The molecule has 2 rings (SSSR count). The molecule has 1 heterocycles. The monoisotopic (exact) mass is 276 g/mol. The van der Waals surface area contributed by atoms with Gasteiger partial charge < -0.3 is 0 Å². The molecule has 0 saturated heterocycles. The van der Waals surface area contributed by atoms with Gasteiger partial charge in [0.15, 0.2) is 12.1 Å². The summed E-state index contributed by atoms with van der Waals surface area (Å²) in [7, 11) is 0. The van der Waals surface area contributed by atoms with E-state index in [1.54, 1.807) is 6.08 Å². The minimum absolute atomic E-state index is 0.00235. The highest BCUT2D eigenvalue weighted by molar-refractivity contribution is 5.76. The summed E-state index contributed by atoms with van der Waals surface area (Å²) in [5, 5.41) is 4.24. The quantitative estimate of drug-likeness (QED) is 0.617. The van der Waals surface area contributed by atoms with Crippen LogP contribution >= 0.6 is 0 Å². The van der Waals surface area contributed by atoms with Crippen molar-refractivity contribution < 1.29 is 13.6 Å². The summed E-state index contributed by atoms with van der Waals surface area (Å²) in [5.41, 5.74) is 1.07. The van der Waals surface area contributed by atoms with Gasteiger partial charge in [-0.1, -0.05) is 13.0 Å². The fraction of sp³-hybridized carbons (Fsp3) is 0.200. The lowest BCUT2D eigenvalue weighted by Crippen LogP contribution is -2.01. The molecule has 0 aliphatic carbocycles. The van der Waals surface area contributed by atoms with E-state index in [0.717, 1.165) is 12.1 Å². The predicted octanol–water partition coefficient (Wildman–Crippen LogP) is 3.64. The molecule has 20 heavy (non-hydrogen) atoms. The van der Waals surface area contributed by atoms with E-state index in [2.05, 4.69) is 11.7 Å². The minimum Gasteiger partial charge on any atom is -0.298 e. The fourth-order valence-corrected chi connectivity index (χ4v) is 2.03. The maximum Gasteiger partial charge on any atom is 0.153 e. The molecule has 1 atom stereocenters. The molecule has 1 aromatic heterocycles. The Labute approximate surface area is 115 Å². The third-order valence-electron chi connectivity index (χ3n) is 3.04. The molecule has 1 aromatic carbocycles. The van der Waals surface area contributed by atoms with Crippen molar-refractivity contribution in [3.05, 3.63) is 59.9 Å². The number of allylic oxidation sites excluding steroid dienone is 1. The Hall–Kier alpha value is -2.30. The van der Waals surface area contributed by atoms with Crippen molar-refractivity contribution in [2.45, 2.75) is 19.3 Å². The first-order valence-electron chi connectivity index (χ1n) is 6.18. The highest BCUT2D eigenvalue weighted by atomic mass is 19.1. The first-order chi connectivity index (χ1) is 9.56. The molecule has 3 nitrogen and oxygen atoms in total. The Balaban J connectivity index is 2.48. The zero-order valence-corrected chi connectivity index (χ0v) is 11.0. The summed E-state index contributed by atoms with van der Waals surface area (Å²) in [5.74, 6) is -1.39. The Morgan fingerprint density at radius 3 is 2.80 bits per heavy atom. The second kappa shape index (κ2) is 5.77. The maximum atomic E-state index is 13.7. The highest BCUT2D eigenvalue weighted by Gasteiger charge is 2.16. The molecule has 0 saturated carbocycles. The molecule has 1 unspecified atom stereocenters. The number of benzene rings is 1. The van der Waals surface area contributed by atoms with E-state index in [0.29, 0.717) is 24.0 Å². The second-order valence-corrected chi connectivity index (χ2v) is 4.55. The van der Waals surface area contributed by atoms with Gasteiger partial charge in [-0.25, -0.2) is 13.5 Å². The molecule has 2 aromatic rings. The van der Waals surface area contributed by atoms with Crippen LogP contribution < -0.4 is 0 Å². The molecular weight excluding hydrogens is 262 g/mol. The molecule has 5 heteroatoms. The molecule has 0 amide bonds. The average molecular weight is 276 g/mol. The van der Waals surface area contributed by atoms with Gasteiger partial charge in [-0.3, -0.25) is 4.79 Å². The lowest BCUT2D eigenvalue weighted by Gasteiger charge is -2.06. The van der Waals surface area contributed by atoms with Gasteiger partial charge in [0.05, 0.1) is 11.3 Å². The Morgan fingerprint density at radius 1 is 1.45 bits per heavy atom. The van der Waals surface area contributed by atoms with Crippen molar-refractivity contribution in [1.82, 2.24) is 9.78 Å². The lowest BCUT2D eigenvalue weighted by atomic mass is 10.0. The Morgan fingerprint density at radius 2 is 2.20 bits per heavy atom. The number of aldehydes is 1. The Kier molecular flexibility index (Phi) is 4.08. The van der Waals surface area contributed by atoms with Crippen LogP contribution in [0.3, 0.4) is 0 Å². The van der Waals surface area contributed by atoms with Crippen LogP contribution in [-0.2, 0) is 0 Å². The van der Waals surface area contributed by atoms with Crippen LogP contribution in [0.15, 0.2) is 37.1 Å². The van der Waals surface area contributed by atoms with E-state index < -0.39 is 11.6 Å². The molecule has 0 spiro atoms. The van der Waals surface area contributed by atoms with Crippen LogP contribution in [0.5, 0.6) is 0 Å². The third kappa shape index (κ3) is 2.66.